The molecule has 0 spiro atoms. The van der Waals surface area contributed by atoms with Gasteiger partial charge in [0.1, 0.15) is 0 Å². The number of hydrogen-bond donors (Lipinski definition) is 2. The first-order valence-corrected chi connectivity index (χ1v) is 6.61. The maximum Gasteiger partial charge on any atom is 0.306 e. The summed E-state index contributed by atoms with van der Waals surface area (Å²) in [6.45, 7) is 4.01. The Morgan fingerprint density at radius 3 is 2.42 bits per heavy atom. The van der Waals surface area contributed by atoms with Gasteiger partial charge in [-0.2, -0.15) is 0 Å². The van der Waals surface area contributed by atoms with Gasteiger partial charge in [0.05, 0.1) is 11.8 Å². The number of carboxylic acid groups (broad SMARTS) is 1. The summed E-state index contributed by atoms with van der Waals surface area (Å²) >= 11 is 0. The summed E-state index contributed by atoms with van der Waals surface area (Å²) in [5.41, 5.74) is 0.994. The van der Waals surface area contributed by atoms with E-state index in [1.165, 1.54) is 0 Å². The number of carbonyl (C=O) groups excluding carboxylic acids is 1. The van der Waals surface area contributed by atoms with Gasteiger partial charge < -0.3 is 10.4 Å². The zero-order valence-corrected chi connectivity index (χ0v) is 11.4. The van der Waals surface area contributed by atoms with Crippen LogP contribution in [0.3, 0.4) is 0 Å². The van der Waals surface area contributed by atoms with Crippen LogP contribution in [0.5, 0.6) is 0 Å². The number of nitrogens with one attached hydrogen (secondary N) is 1. The van der Waals surface area contributed by atoms with Crippen LogP contribution in [0.2, 0.25) is 0 Å². The first-order chi connectivity index (χ1) is 9.06. The molecule has 0 saturated heterocycles. The number of benzene rings is 1. The summed E-state index contributed by atoms with van der Waals surface area (Å²) in [6.07, 6.45) is 1.18. The molecule has 0 aliphatic carbocycles. The molecule has 1 amide bonds. The van der Waals surface area contributed by atoms with Gasteiger partial charge in [-0.05, 0) is 18.4 Å². The van der Waals surface area contributed by atoms with Gasteiger partial charge in [0.25, 0.3) is 0 Å². The van der Waals surface area contributed by atoms with Crippen molar-refractivity contribution in [2.24, 2.45) is 5.92 Å². The Morgan fingerprint density at radius 1 is 1.26 bits per heavy atom. The molecular formula is C15H21NO3. The van der Waals surface area contributed by atoms with Crippen LogP contribution >= 0.6 is 0 Å². The first-order valence-electron chi connectivity index (χ1n) is 6.61. The molecule has 0 heterocycles. The fourth-order valence-electron chi connectivity index (χ4n) is 1.92. The Morgan fingerprint density at radius 2 is 1.89 bits per heavy atom. The predicted molar refractivity (Wildman–Crippen MR) is 73.9 cm³/mol. The number of carbonyl (C=O) groups is 2. The van der Waals surface area contributed by atoms with Crippen molar-refractivity contribution in [1.82, 2.24) is 5.32 Å². The minimum absolute atomic E-state index is 0.0358. The van der Waals surface area contributed by atoms with Crippen LogP contribution in [0, 0.1) is 5.92 Å². The average molecular weight is 263 g/mol. The summed E-state index contributed by atoms with van der Waals surface area (Å²) in [7, 11) is 0. The Bertz CT molecular complexity index is 417. The van der Waals surface area contributed by atoms with Crippen molar-refractivity contribution in [3.63, 3.8) is 0 Å². The zero-order chi connectivity index (χ0) is 14.3. The second-order valence-corrected chi connectivity index (χ2v) is 4.69. The topological polar surface area (TPSA) is 66.4 Å². The lowest BCUT2D eigenvalue weighted by molar-refractivity contribution is -0.141. The highest BCUT2D eigenvalue weighted by atomic mass is 16.4. The summed E-state index contributed by atoms with van der Waals surface area (Å²) in [5.74, 6) is -1.46. The van der Waals surface area contributed by atoms with E-state index in [1.807, 2.05) is 37.3 Å². The highest BCUT2D eigenvalue weighted by Crippen LogP contribution is 2.19. The van der Waals surface area contributed by atoms with Gasteiger partial charge in [-0.1, -0.05) is 44.2 Å². The second kappa shape index (κ2) is 7.56. The lowest BCUT2D eigenvalue weighted by atomic mass is 9.95. The Hall–Kier alpha value is -1.84. The fourth-order valence-corrected chi connectivity index (χ4v) is 1.92. The molecule has 4 nitrogen and oxygen atoms in total. The first kappa shape index (κ1) is 15.2. The van der Waals surface area contributed by atoms with Gasteiger partial charge >= 0.3 is 5.97 Å². The maximum absolute atomic E-state index is 12.1. The minimum Gasteiger partial charge on any atom is -0.481 e. The highest BCUT2D eigenvalue weighted by molar-refractivity contribution is 5.83. The van der Waals surface area contributed by atoms with Crippen molar-refractivity contribution in [3.05, 3.63) is 35.9 Å². The van der Waals surface area contributed by atoms with Crippen LogP contribution in [0.15, 0.2) is 30.3 Å². The van der Waals surface area contributed by atoms with Crippen molar-refractivity contribution in [2.75, 3.05) is 6.54 Å². The molecule has 0 bridgehead atoms. The standard InChI is InChI=1S/C15H21NO3/c1-3-13(12-7-5-4-6-8-12)14(17)16-10-9-11(2)15(18)19/h4-8,11,13H,3,9-10H2,1-2H3,(H,16,17)(H,18,19). The van der Waals surface area contributed by atoms with Gasteiger partial charge in [0.15, 0.2) is 0 Å². The molecule has 4 heteroatoms. The van der Waals surface area contributed by atoms with E-state index in [2.05, 4.69) is 5.32 Å². The quantitative estimate of drug-likeness (QED) is 0.794. The van der Waals surface area contributed by atoms with Crippen molar-refractivity contribution in [1.29, 1.82) is 0 Å². The van der Waals surface area contributed by atoms with E-state index in [-0.39, 0.29) is 11.8 Å². The molecule has 104 valence electrons. The predicted octanol–water partition coefficient (Wildman–Crippen LogP) is 2.41. The number of hydrogen-bond acceptors (Lipinski definition) is 2. The number of rotatable bonds is 7. The van der Waals surface area contributed by atoms with E-state index in [4.69, 9.17) is 5.11 Å². The van der Waals surface area contributed by atoms with Gasteiger partial charge in [-0.3, -0.25) is 9.59 Å². The molecule has 0 aliphatic heterocycles. The molecule has 19 heavy (non-hydrogen) atoms. The Kier molecular flexibility index (Phi) is 6.06. The van der Waals surface area contributed by atoms with E-state index in [0.29, 0.717) is 13.0 Å². The van der Waals surface area contributed by atoms with Crippen molar-refractivity contribution >= 4 is 11.9 Å². The van der Waals surface area contributed by atoms with Crippen molar-refractivity contribution < 1.29 is 14.7 Å². The van der Waals surface area contributed by atoms with E-state index in [0.717, 1.165) is 12.0 Å². The molecule has 0 radical (unpaired) electrons. The van der Waals surface area contributed by atoms with Crippen LogP contribution in [0.1, 0.15) is 38.2 Å². The van der Waals surface area contributed by atoms with Crippen LogP contribution in [-0.2, 0) is 9.59 Å². The van der Waals surface area contributed by atoms with E-state index < -0.39 is 11.9 Å². The molecule has 0 fully saturated rings. The smallest absolute Gasteiger partial charge is 0.306 e. The largest absolute Gasteiger partial charge is 0.481 e. The molecule has 2 atom stereocenters. The number of aliphatic carboxylic acids is 1. The minimum atomic E-state index is -0.829. The second-order valence-electron chi connectivity index (χ2n) is 4.69. The van der Waals surface area contributed by atoms with Gasteiger partial charge in [0.2, 0.25) is 5.91 Å². The molecule has 1 rings (SSSR count). The molecule has 1 aromatic rings. The molecule has 0 aliphatic rings. The average Bonchev–Trinajstić information content (AvgIpc) is 2.40. The number of carboxylic acids is 1. The third kappa shape index (κ3) is 4.73. The lowest BCUT2D eigenvalue weighted by Gasteiger charge is -2.16. The third-order valence-corrected chi connectivity index (χ3v) is 3.22. The molecule has 1 aromatic carbocycles. The van der Waals surface area contributed by atoms with Crippen LogP contribution < -0.4 is 5.32 Å². The van der Waals surface area contributed by atoms with Crippen LogP contribution in [0.25, 0.3) is 0 Å². The summed E-state index contributed by atoms with van der Waals surface area (Å²) in [5, 5.41) is 11.6. The lowest BCUT2D eigenvalue weighted by Crippen LogP contribution is -2.31. The van der Waals surface area contributed by atoms with Gasteiger partial charge in [0, 0.05) is 6.54 Å². The molecule has 2 unspecified atom stereocenters. The third-order valence-electron chi connectivity index (χ3n) is 3.22. The van der Waals surface area contributed by atoms with Gasteiger partial charge in [-0.15, -0.1) is 0 Å². The number of amides is 1. The fraction of sp³-hybridized carbons (Fsp3) is 0.467. The summed E-state index contributed by atoms with van der Waals surface area (Å²) in [4.78, 5) is 22.7. The van der Waals surface area contributed by atoms with Gasteiger partial charge in [-0.25, -0.2) is 0 Å². The summed E-state index contributed by atoms with van der Waals surface area (Å²) in [6, 6.07) is 9.62. The SMILES string of the molecule is CCC(C(=O)NCCC(C)C(=O)O)c1ccccc1. The van der Waals surface area contributed by atoms with E-state index >= 15 is 0 Å². The molecular weight excluding hydrogens is 242 g/mol. The maximum atomic E-state index is 12.1. The Labute approximate surface area is 113 Å². The van der Waals surface area contributed by atoms with E-state index in [9.17, 15) is 9.59 Å². The summed E-state index contributed by atoms with van der Waals surface area (Å²) < 4.78 is 0. The normalized spacial score (nSPS) is 13.6. The van der Waals surface area contributed by atoms with Crippen LogP contribution in [-0.4, -0.2) is 23.5 Å². The molecule has 0 saturated carbocycles. The monoisotopic (exact) mass is 263 g/mol. The zero-order valence-electron chi connectivity index (χ0n) is 11.4. The van der Waals surface area contributed by atoms with Crippen molar-refractivity contribution in [3.8, 4) is 0 Å². The van der Waals surface area contributed by atoms with E-state index in [1.54, 1.807) is 6.92 Å². The molecule has 0 aromatic heterocycles. The molecule has 2 N–H and O–H groups in total. The van der Waals surface area contributed by atoms with Crippen LogP contribution in [0.4, 0.5) is 0 Å². The highest BCUT2D eigenvalue weighted by Gasteiger charge is 2.18. The Balaban J connectivity index is 2.49. The van der Waals surface area contributed by atoms with Crippen molar-refractivity contribution in [2.45, 2.75) is 32.6 Å².